The van der Waals surface area contributed by atoms with Crippen molar-refractivity contribution in [1.82, 2.24) is 5.32 Å². The molecule has 0 aliphatic rings. The molecule has 0 aliphatic heterocycles. The number of sulfonamides is 1. The van der Waals surface area contributed by atoms with Gasteiger partial charge in [-0.1, -0.05) is 35.9 Å². The third kappa shape index (κ3) is 6.14. The standard InChI is InChI=1S/C20H25ClN2O4S/c1-14-9-10-17(21)11-18(14)23(28(4,25)26)12-20(24)22-16(3)13-27-19-8-6-5-7-15(19)2/h5-11,16H,12-13H2,1-4H3,(H,22,24). The molecule has 28 heavy (non-hydrogen) atoms. The Morgan fingerprint density at radius 2 is 1.86 bits per heavy atom. The van der Waals surface area contributed by atoms with Crippen molar-refractivity contribution in [3.05, 3.63) is 58.6 Å². The van der Waals surface area contributed by atoms with Gasteiger partial charge in [0.1, 0.15) is 18.9 Å². The molecule has 0 fully saturated rings. The molecule has 2 aromatic rings. The predicted octanol–water partition coefficient (Wildman–Crippen LogP) is 3.31. The molecule has 1 N–H and O–H groups in total. The van der Waals surface area contributed by atoms with Crippen LogP contribution >= 0.6 is 11.6 Å². The Kier molecular flexibility index (Phi) is 7.32. The summed E-state index contributed by atoms with van der Waals surface area (Å²) in [6.45, 7) is 5.43. The second kappa shape index (κ2) is 9.30. The first-order valence-electron chi connectivity index (χ1n) is 8.79. The van der Waals surface area contributed by atoms with E-state index in [2.05, 4.69) is 5.32 Å². The van der Waals surface area contributed by atoms with E-state index in [0.717, 1.165) is 21.9 Å². The maximum absolute atomic E-state index is 12.5. The number of carbonyl (C=O) groups excluding carboxylic acids is 1. The number of anilines is 1. The summed E-state index contributed by atoms with van der Waals surface area (Å²) in [6, 6.07) is 12.2. The number of rotatable bonds is 8. The van der Waals surface area contributed by atoms with Crippen LogP contribution in [0.1, 0.15) is 18.1 Å². The molecule has 152 valence electrons. The first-order chi connectivity index (χ1) is 13.1. The number of hydrogen-bond acceptors (Lipinski definition) is 4. The molecule has 1 amide bonds. The topological polar surface area (TPSA) is 75.7 Å². The normalized spacial score (nSPS) is 12.3. The molecule has 0 heterocycles. The number of carbonyl (C=O) groups is 1. The Bertz CT molecular complexity index is 947. The fraction of sp³-hybridized carbons (Fsp3) is 0.350. The number of hydrogen-bond donors (Lipinski definition) is 1. The molecule has 0 radical (unpaired) electrons. The van der Waals surface area contributed by atoms with E-state index < -0.39 is 15.9 Å². The van der Waals surface area contributed by atoms with Crippen LogP contribution in [0.15, 0.2) is 42.5 Å². The zero-order valence-electron chi connectivity index (χ0n) is 16.4. The monoisotopic (exact) mass is 424 g/mol. The van der Waals surface area contributed by atoms with Crippen molar-refractivity contribution in [2.45, 2.75) is 26.8 Å². The minimum atomic E-state index is -3.67. The van der Waals surface area contributed by atoms with Crippen LogP contribution in [-0.4, -0.2) is 39.8 Å². The Morgan fingerprint density at radius 1 is 1.18 bits per heavy atom. The van der Waals surface area contributed by atoms with Crippen molar-refractivity contribution in [2.24, 2.45) is 0 Å². The van der Waals surface area contributed by atoms with Gasteiger partial charge < -0.3 is 10.1 Å². The van der Waals surface area contributed by atoms with Crippen molar-refractivity contribution < 1.29 is 17.9 Å². The van der Waals surface area contributed by atoms with Gasteiger partial charge in [-0.3, -0.25) is 9.10 Å². The number of halogens is 1. The number of nitrogens with one attached hydrogen (secondary N) is 1. The van der Waals surface area contributed by atoms with Crippen LogP contribution in [0.5, 0.6) is 5.75 Å². The van der Waals surface area contributed by atoms with Crippen LogP contribution in [-0.2, 0) is 14.8 Å². The lowest BCUT2D eigenvalue weighted by molar-refractivity contribution is -0.120. The lowest BCUT2D eigenvalue weighted by atomic mass is 10.2. The Balaban J connectivity index is 2.04. The SMILES string of the molecule is Cc1ccccc1OCC(C)NC(=O)CN(c1cc(Cl)ccc1C)S(C)(=O)=O. The lowest BCUT2D eigenvalue weighted by Crippen LogP contribution is -2.45. The van der Waals surface area contributed by atoms with E-state index in [4.69, 9.17) is 16.3 Å². The molecule has 6 nitrogen and oxygen atoms in total. The van der Waals surface area contributed by atoms with Gasteiger partial charge in [0.15, 0.2) is 0 Å². The van der Waals surface area contributed by atoms with Crippen molar-refractivity contribution in [1.29, 1.82) is 0 Å². The van der Waals surface area contributed by atoms with Gasteiger partial charge in [-0.05, 0) is 50.1 Å². The first-order valence-corrected chi connectivity index (χ1v) is 11.0. The molecule has 1 unspecified atom stereocenters. The van der Waals surface area contributed by atoms with Crippen LogP contribution in [0.3, 0.4) is 0 Å². The van der Waals surface area contributed by atoms with E-state index in [-0.39, 0.29) is 19.2 Å². The number of benzene rings is 2. The van der Waals surface area contributed by atoms with Gasteiger partial charge in [0, 0.05) is 5.02 Å². The second-order valence-electron chi connectivity index (χ2n) is 6.75. The van der Waals surface area contributed by atoms with Crippen LogP contribution in [0.4, 0.5) is 5.69 Å². The van der Waals surface area contributed by atoms with Crippen LogP contribution < -0.4 is 14.4 Å². The van der Waals surface area contributed by atoms with Crippen molar-refractivity contribution in [2.75, 3.05) is 23.7 Å². The van der Waals surface area contributed by atoms with E-state index >= 15 is 0 Å². The summed E-state index contributed by atoms with van der Waals surface area (Å²) in [4.78, 5) is 12.5. The van der Waals surface area contributed by atoms with Gasteiger partial charge in [-0.15, -0.1) is 0 Å². The largest absolute Gasteiger partial charge is 0.491 e. The minimum Gasteiger partial charge on any atom is -0.491 e. The first kappa shape index (κ1) is 22.0. The van der Waals surface area contributed by atoms with Crippen molar-refractivity contribution >= 4 is 33.2 Å². The Hall–Kier alpha value is -2.25. The zero-order chi connectivity index (χ0) is 20.9. The van der Waals surface area contributed by atoms with E-state index in [0.29, 0.717) is 16.3 Å². The highest BCUT2D eigenvalue weighted by molar-refractivity contribution is 7.92. The summed E-state index contributed by atoms with van der Waals surface area (Å²) < 4.78 is 31.3. The fourth-order valence-corrected chi connectivity index (χ4v) is 3.73. The van der Waals surface area contributed by atoms with Crippen LogP contribution in [0.25, 0.3) is 0 Å². The molecule has 2 aromatic carbocycles. The highest BCUT2D eigenvalue weighted by atomic mass is 35.5. The third-order valence-corrected chi connectivity index (χ3v) is 5.48. The second-order valence-corrected chi connectivity index (χ2v) is 9.09. The Morgan fingerprint density at radius 3 is 2.50 bits per heavy atom. The fourth-order valence-electron chi connectivity index (χ4n) is 2.66. The van der Waals surface area contributed by atoms with Gasteiger partial charge in [0.2, 0.25) is 15.9 Å². The molecule has 0 saturated carbocycles. The predicted molar refractivity (Wildman–Crippen MR) is 113 cm³/mol. The number of nitrogens with zero attached hydrogens (tertiary/aromatic N) is 1. The zero-order valence-corrected chi connectivity index (χ0v) is 18.0. The van der Waals surface area contributed by atoms with E-state index in [1.165, 1.54) is 6.07 Å². The average Bonchev–Trinajstić information content (AvgIpc) is 2.60. The molecule has 1 atom stereocenters. The smallest absolute Gasteiger partial charge is 0.241 e. The molecular weight excluding hydrogens is 400 g/mol. The van der Waals surface area contributed by atoms with Crippen LogP contribution in [0.2, 0.25) is 5.02 Å². The van der Waals surface area contributed by atoms with Crippen molar-refractivity contribution in [3.63, 3.8) is 0 Å². The Labute approximate surface area is 171 Å². The maximum atomic E-state index is 12.5. The van der Waals surface area contributed by atoms with E-state index in [9.17, 15) is 13.2 Å². The molecule has 0 aliphatic carbocycles. The van der Waals surface area contributed by atoms with E-state index in [1.807, 2.05) is 31.2 Å². The van der Waals surface area contributed by atoms with Crippen LogP contribution in [0, 0.1) is 13.8 Å². The summed E-state index contributed by atoms with van der Waals surface area (Å²) in [5.74, 6) is 0.321. The summed E-state index contributed by atoms with van der Waals surface area (Å²) in [5, 5.41) is 3.17. The number of para-hydroxylation sites is 1. The molecular formula is C20H25ClN2O4S. The van der Waals surface area contributed by atoms with Gasteiger partial charge in [0.05, 0.1) is 18.0 Å². The highest BCUT2D eigenvalue weighted by Crippen LogP contribution is 2.26. The summed E-state index contributed by atoms with van der Waals surface area (Å²) in [6.07, 6.45) is 1.06. The molecule has 0 spiro atoms. The average molecular weight is 425 g/mol. The number of ether oxygens (including phenoxy) is 1. The van der Waals surface area contributed by atoms with Gasteiger partial charge in [0.25, 0.3) is 0 Å². The van der Waals surface area contributed by atoms with E-state index in [1.54, 1.807) is 26.0 Å². The summed E-state index contributed by atoms with van der Waals surface area (Å²) in [5.41, 5.74) is 2.09. The molecule has 0 aromatic heterocycles. The van der Waals surface area contributed by atoms with Gasteiger partial charge in [-0.2, -0.15) is 0 Å². The minimum absolute atomic E-state index is 0.270. The van der Waals surface area contributed by atoms with Gasteiger partial charge in [-0.25, -0.2) is 8.42 Å². The number of amides is 1. The quantitative estimate of drug-likeness (QED) is 0.705. The van der Waals surface area contributed by atoms with Gasteiger partial charge >= 0.3 is 0 Å². The van der Waals surface area contributed by atoms with Crippen molar-refractivity contribution in [3.8, 4) is 5.75 Å². The number of aryl methyl sites for hydroxylation is 2. The summed E-state index contributed by atoms with van der Waals surface area (Å²) in [7, 11) is -3.67. The summed E-state index contributed by atoms with van der Waals surface area (Å²) >= 11 is 6.01. The molecule has 2 rings (SSSR count). The molecule has 0 bridgehead atoms. The maximum Gasteiger partial charge on any atom is 0.241 e. The molecule has 0 saturated heterocycles. The lowest BCUT2D eigenvalue weighted by Gasteiger charge is -2.25. The molecule has 8 heteroatoms. The highest BCUT2D eigenvalue weighted by Gasteiger charge is 2.23. The third-order valence-electron chi connectivity index (χ3n) is 4.12.